The number of dihydropyridines is 1. The zero-order chi connectivity index (χ0) is 22.3. The SMILES string of the molecule is O=C(NC1=NCC(Cl)C(c2nc(NCC3CCOCC3)ccc2Cl)=C1)C1CNCCOC1. The largest absolute Gasteiger partial charge is 0.381 e. The third kappa shape index (κ3) is 6.20. The molecule has 4 heterocycles. The van der Waals surface area contributed by atoms with Crippen molar-refractivity contribution in [3.05, 3.63) is 28.9 Å². The zero-order valence-electron chi connectivity index (χ0n) is 17.9. The molecule has 0 saturated carbocycles. The van der Waals surface area contributed by atoms with Gasteiger partial charge in [-0.25, -0.2) is 4.98 Å². The van der Waals surface area contributed by atoms with Gasteiger partial charge < -0.3 is 25.4 Å². The van der Waals surface area contributed by atoms with Gasteiger partial charge in [0.25, 0.3) is 0 Å². The summed E-state index contributed by atoms with van der Waals surface area (Å²) in [7, 11) is 0. The lowest BCUT2D eigenvalue weighted by Crippen LogP contribution is -2.41. The van der Waals surface area contributed by atoms with Gasteiger partial charge in [0.2, 0.25) is 5.91 Å². The quantitative estimate of drug-likeness (QED) is 0.558. The fraction of sp³-hybridized carbons (Fsp3) is 0.591. The maximum Gasteiger partial charge on any atom is 0.232 e. The van der Waals surface area contributed by atoms with Crippen LogP contribution in [-0.4, -0.2) is 74.7 Å². The Morgan fingerprint density at radius 1 is 1.22 bits per heavy atom. The van der Waals surface area contributed by atoms with E-state index >= 15 is 0 Å². The molecule has 1 aromatic rings. The molecular weight excluding hydrogens is 453 g/mol. The van der Waals surface area contributed by atoms with Gasteiger partial charge in [-0.05, 0) is 37.0 Å². The molecule has 10 heteroatoms. The fourth-order valence-electron chi connectivity index (χ4n) is 3.90. The van der Waals surface area contributed by atoms with E-state index in [2.05, 4.69) is 20.9 Å². The lowest BCUT2D eigenvalue weighted by Gasteiger charge is -2.23. The minimum absolute atomic E-state index is 0.132. The molecule has 0 spiro atoms. The van der Waals surface area contributed by atoms with Gasteiger partial charge >= 0.3 is 0 Å². The van der Waals surface area contributed by atoms with Crippen LogP contribution in [0.2, 0.25) is 5.02 Å². The van der Waals surface area contributed by atoms with Gasteiger partial charge in [-0.2, -0.15) is 0 Å². The predicted octanol–water partition coefficient (Wildman–Crippen LogP) is 2.33. The molecule has 8 nitrogen and oxygen atoms in total. The summed E-state index contributed by atoms with van der Waals surface area (Å²) in [4.78, 5) is 21.8. The summed E-state index contributed by atoms with van der Waals surface area (Å²) in [6, 6.07) is 3.69. The smallest absolute Gasteiger partial charge is 0.232 e. The number of aromatic nitrogens is 1. The zero-order valence-corrected chi connectivity index (χ0v) is 19.4. The average Bonchev–Trinajstić information content (AvgIpc) is 3.10. The molecule has 174 valence electrons. The normalized spacial score (nSPS) is 24.8. The van der Waals surface area contributed by atoms with Crippen LogP contribution in [0, 0.1) is 11.8 Å². The molecule has 0 radical (unpaired) electrons. The molecule has 3 aliphatic rings. The monoisotopic (exact) mass is 481 g/mol. The van der Waals surface area contributed by atoms with Crippen molar-refractivity contribution >= 4 is 46.3 Å². The molecule has 4 rings (SSSR count). The molecule has 2 unspecified atom stereocenters. The Kier molecular flexibility index (Phi) is 8.37. The van der Waals surface area contributed by atoms with E-state index in [0.29, 0.717) is 48.8 Å². The Bertz CT molecular complexity index is 865. The molecule has 3 N–H and O–H groups in total. The first-order valence-corrected chi connectivity index (χ1v) is 11.9. The molecule has 2 fully saturated rings. The van der Waals surface area contributed by atoms with Crippen LogP contribution in [0.5, 0.6) is 0 Å². The van der Waals surface area contributed by atoms with Crippen LogP contribution in [0.15, 0.2) is 23.2 Å². The molecule has 1 aromatic heterocycles. The van der Waals surface area contributed by atoms with E-state index in [4.69, 9.17) is 37.7 Å². The fourth-order valence-corrected chi connectivity index (χ4v) is 4.35. The van der Waals surface area contributed by atoms with Crippen LogP contribution in [0.4, 0.5) is 5.82 Å². The Labute approximate surface area is 198 Å². The number of hydrogen-bond acceptors (Lipinski definition) is 7. The highest BCUT2D eigenvalue weighted by Crippen LogP contribution is 2.31. The van der Waals surface area contributed by atoms with Gasteiger partial charge in [0, 0.05) is 38.4 Å². The summed E-state index contributed by atoms with van der Waals surface area (Å²) >= 11 is 13.0. The van der Waals surface area contributed by atoms with Crippen LogP contribution in [-0.2, 0) is 14.3 Å². The van der Waals surface area contributed by atoms with E-state index < -0.39 is 0 Å². The lowest BCUT2D eigenvalue weighted by atomic mass is 10.0. The number of pyridine rings is 1. The summed E-state index contributed by atoms with van der Waals surface area (Å²) in [5.74, 6) is 1.37. The number of amidine groups is 1. The van der Waals surface area contributed by atoms with Crippen LogP contribution in [0.25, 0.3) is 5.57 Å². The maximum atomic E-state index is 12.7. The number of rotatable bonds is 5. The summed E-state index contributed by atoms with van der Waals surface area (Å²) in [6.07, 6.45) is 3.85. The standard InChI is InChI=1S/C22H29Cl2N5O3/c23-17-1-2-19(26-10-14-3-6-31-7-4-14)28-21(17)16-9-20(27-12-18(16)24)29-22(30)15-11-25-5-8-32-13-15/h1-2,9,14-15,18,25H,3-8,10-13H2,(H,26,28)(H,27,29,30). The molecular formula is C22H29Cl2N5O3. The van der Waals surface area contributed by atoms with Crippen molar-refractivity contribution < 1.29 is 14.3 Å². The second-order valence-electron chi connectivity index (χ2n) is 8.22. The first-order valence-electron chi connectivity index (χ1n) is 11.1. The molecule has 0 bridgehead atoms. The number of halogens is 2. The van der Waals surface area contributed by atoms with E-state index in [1.165, 1.54) is 0 Å². The van der Waals surface area contributed by atoms with Crippen molar-refractivity contribution in [1.82, 2.24) is 15.6 Å². The Balaban J connectivity index is 1.45. The predicted molar refractivity (Wildman–Crippen MR) is 127 cm³/mol. The van der Waals surface area contributed by atoms with Crippen molar-refractivity contribution in [3.63, 3.8) is 0 Å². The summed E-state index contributed by atoms with van der Waals surface area (Å²) in [6.45, 7) is 5.09. The number of carbonyl (C=O) groups is 1. The molecule has 32 heavy (non-hydrogen) atoms. The van der Waals surface area contributed by atoms with Crippen LogP contribution < -0.4 is 16.0 Å². The van der Waals surface area contributed by atoms with Crippen molar-refractivity contribution in [1.29, 1.82) is 0 Å². The minimum atomic E-state index is -0.380. The van der Waals surface area contributed by atoms with E-state index in [0.717, 1.165) is 50.5 Å². The summed E-state index contributed by atoms with van der Waals surface area (Å²) in [5.41, 5.74) is 1.34. The number of nitrogens with zero attached hydrogens (tertiary/aromatic N) is 2. The molecule has 0 aromatic carbocycles. The van der Waals surface area contributed by atoms with Crippen LogP contribution in [0.1, 0.15) is 18.5 Å². The molecule has 2 atom stereocenters. The van der Waals surface area contributed by atoms with E-state index in [9.17, 15) is 4.79 Å². The Hall–Kier alpha value is -1.71. The van der Waals surface area contributed by atoms with Gasteiger partial charge in [0.05, 0.1) is 41.8 Å². The number of nitrogens with one attached hydrogen (secondary N) is 3. The first-order chi connectivity index (χ1) is 15.6. The number of ether oxygens (including phenoxy) is 2. The van der Waals surface area contributed by atoms with Gasteiger partial charge in [-0.3, -0.25) is 9.79 Å². The van der Waals surface area contributed by atoms with Crippen molar-refractivity contribution in [2.24, 2.45) is 16.8 Å². The molecule has 3 aliphatic heterocycles. The summed E-state index contributed by atoms with van der Waals surface area (Å²) in [5, 5.41) is 9.64. The van der Waals surface area contributed by atoms with Gasteiger partial charge in [-0.1, -0.05) is 11.6 Å². The van der Waals surface area contributed by atoms with E-state index in [1.54, 1.807) is 6.08 Å². The molecule has 0 aliphatic carbocycles. The lowest BCUT2D eigenvalue weighted by molar-refractivity contribution is -0.124. The van der Waals surface area contributed by atoms with Crippen molar-refractivity contribution in [2.45, 2.75) is 18.2 Å². The Morgan fingerprint density at radius 2 is 2.06 bits per heavy atom. The highest BCUT2D eigenvalue weighted by atomic mass is 35.5. The average molecular weight is 482 g/mol. The third-order valence-electron chi connectivity index (χ3n) is 5.84. The topological polar surface area (TPSA) is 96.9 Å². The summed E-state index contributed by atoms with van der Waals surface area (Å²) < 4.78 is 10.9. The number of aliphatic imine (C=N–C) groups is 1. The molecule has 2 saturated heterocycles. The van der Waals surface area contributed by atoms with Crippen LogP contribution >= 0.6 is 23.2 Å². The van der Waals surface area contributed by atoms with Crippen molar-refractivity contribution in [3.8, 4) is 0 Å². The van der Waals surface area contributed by atoms with Gasteiger partial charge in [-0.15, -0.1) is 11.6 Å². The van der Waals surface area contributed by atoms with Crippen molar-refractivity contribution in [2.75, 3.05) is 57.9 Å². The third-order valence-corrected chi connectivity index (χ3v) is 6.52. The number of alkyl halides is 1. The molecule has 1 amide bonds. The van der Waals surface area contributed by atoms with E-state index in [-0.39, 0.29) is 17.2 Å². The number of carbonyl (C=O) groups excluding carboxylic acids is 1. The first kappa shape index (κ1) is 23.4. The second kappa shape index (κ2) is 11.4. The van der Waals surface area contributed by atoms with Gasteiger partial charge in [0.1, 0.15) is 11.7 Å². The van der Waals surface area contributed by atoms with Crippen LogP contribution in [0.3, 0.4) is 0 Å². The van der Waals surface area contributed by atoms with E-state index in [1.807, 2.05) is 12.1 Å². The Morgan fingerprint density at radius 3 is 2.91 bits per heavy atom. The highest BCUT2D eigenvalue weighted by Gasteiger charge is 2.26. The highest BCUT2D eigenvalue weighted by molar-refractivity contribution is 6.34. The second-order valence-corrected chi connectivity index (χ2v) is 9.16. The number of anilines is 1. The number of hydrogen-bond donors (Lipinski definition) is 3. The van der Waals surface area contributed by atoms with Gasteiger partial charge in [0.15, 0.2) is 0 Å². The minimum Gasteiger partial charge on any atom is -0.381 e. The number of amides is 1. The maximum absolute atomic E-state index is 12.7.